The number of carbonyl (C=O) groups excluding carboxylic acids is 1. The van der Waals surface area contributed by atoms with E-state index >= 15 is 0 Å². The Bertz CT molecular complexity index is 933. The molecule has 2 N–H and O–H groups in total. The van der Waals surface area contributed by atoms with Gasteiger partial charge in [-0.25, -0.2) is 4.98 Å². The molecule has 1 amide bonds. The fourth-order valence-corrected chi connectivity index (χ4v) is 2.66. The van der Waals surface area contributed by atoms with Crippen molar-refractivity contribution in [2.75, 3.05) is 0 Å². The molecule has 0 saturated heterocycles. The minimum atomic E-state index is -0.489. The smallest absolute Gasteiger partial charge is 0.295 e. The number of phenolic OH excluding ortho intramolecular Hbond substituents is 1. The summed E-state index contributed by atoms with van der Waals surface area (Å²) in [6.45, 7) is 1.74. The summed E-state index contributed by atoms with van der Waals surface area (Å²) in [6.07, 6.45) is 1.42. The number of nitrogens with one attached hydrogen (secondary N) is 1. The highest BCUT2D eigenvalue weighted by molar-refractivity contribution is 5.87. The van der Waals surface area contributed by atoms with Crippen LogP contribution in [0.15, 0.2) is 48.8 Å². The minimum Gasteiger partial charge on any atom is -0.508 e. The van der Waals surface area contributed by atoms with Gasteiger partial charge in [-0.05, 0) is 30.7 Å². The number of aromatic hydroxyl groups is 1. The molecule has 0 aliphatic carbocycles. The van der Waals surface area contributed by atoms with E-state index in [1.807, 2.05) is 6.92 Å². The average Bonchev–Trinajstić information content (AvgIpc) is 2.98. The van der Waals surface area contributed by atoms with Crippen LogP contribution in [0.3, 0.4) is 0 Å². The molecule has 0 fully saturated rings. The average molecular weight is 340 g/mol. The fraction of sp³-hybridized carbons (Fsp3) is 0.176. The topological polar surface area (TPSA) is 110 Å². The van der Waals surface area contributed by atoms with Gasteiger partial charge in [0.25, 0.3) is 5.69 Å². The minimum absolute atomic E-state index is 0.0796. The molecule has 8 nitrogen and oxygen atoms in total. The number of phenols is 1. The predicted molar refractivity (Wildman–Crippen MR) is 91.1 cm³/mol. The van der Waals surface area contributed by atoms with Crippen molar-refractivity contribution in [2.45, 2.75) is 19.5 Å². The van der Waals surface area contributed by atoms with Crippen LogP contribution in [0.5, 0.6) is 5.75 Å². The number of hydrogen-bond donors (Lipinski definition) is 2. The molecule has 3 rings (SSSR count). The number of aromatic nitrogens is 2. The summed E-state index contributed by atoms with van der Waals surface area (Å²) in [5.74, 6) is -0.141. The lowest BCUT2D eigenvalue weighted by atomic mass is 10.1. The number of benzene rings is 2. The summed E-state index contributed by atoms with van der Waals surface area (Å²) >= 11 is 0. The van der Waals surface area contributed by atoms with Crippen molar-refractivity contribution in [1.29, 1.82) is 0 Å². The van der Waals surface area contributed by atoms with Crippen LogP contribution < -0.4 is 5.32 Å². The first-order chi connectivity index (χ1) is 12.0. The van der Waals surface area contributed by atoms with E-state index < -0.39 is 4.92 Å². The van der Waals surface area contributed by atoms with Crippen LogP contribution in [0.4, 0.5) is 5.69 Å². The summed E-state index contributed by atoms with van der Waals surface area (Å²) in [6, 6.07) is 10.9. The van der Waals surface area contributed by atoms with Crippen LogP contribution in [-0.4, -0.2) is 25.5 Å². The molecule has 0 aliphatic heterocycles. The van der Waals surface area contributed by atoms with Gasteiger partial charge in [-0.2, -0.15) is 0 Å². The molecule has 3 aromatic rings. The number of hydrogen-bond acceptors (Lipinski definition) is 5. The molecule has 1 atom stereocenters. The van der Waals surface area contributed by atoms with Crippen LogP contribution in [0.2, 0.25) is 0 Å². The van der Waals surface area contributed by atoms with Crippen LogP contribution in [0.25, 0.3) is 11.0 Å². The zero-order chi connectivity index (χ0) is 18.0. The number of rotatable bonds is 5. The number of amides is 1. The van der Waals surface area contributed by atoms with Gasteiger partial charge in [0.1, 0.15) is 17.8 Å². The van der Waals surface area contributed by atoms with E-state index in [9.17, 15) is 20.0 Å². The second-order valence-corrected chi connectivity index (χ2v) is 5.66. The highest BCUT2D eigenvalue weighted by atomic mass is 16.6. The maximum Gasteiger partial charge on any atom is 0.295 e. The Morgan fingerprint density at radius 3 is 2.72 bits per heavy atom. The predicted octanol–water partition coefficient (Wildman–Crippen LogP) is 2.53. The first-order valence-corrected chi connectivity index (χ1v) is 7.62. The third-order valence-electron chi connectivity index (χ3n) is 3.90. The number of carbonyl (C=O) groups is 1. The van der Waals surface area contributed by atoms with Crippen LogP contribution in [-0.2, 0) is 11.3 Å². The number of nitro groups is 1. The van der Waals surface area contributed by atoms with E-state index in [1.54, 1.807) is 36.4 Å². The zero-order valence-electron chi connectivity index (χ0n) is 13.4. The van der Waals surface area contributed by atoms with E-state index in [2.05, 4.69) is 10.3 Å². The van der Waals surface area contributed by atoms with Gasteiger partial charge in [0.15, 0.2) is 0 Å². The Kier molecular flexibility index (Phi) is 4.34. The normalized spacial score (nSPS) is 12.0. The third kappa shape index (κ3) is 3.42. The van der Waals surface area contributed by atoms with Gasteiger partial charge in [0, 0.05) is 6.07 Å². The van der Waals surface area contributed by atoms with E-state index in [1.165, 1.54) is 17.0 Å². The van der Waals surface area contributed by atoms with Gasteiger partial charge in [-0.3, -0.25) is 14.9 Å². The van der Waals surface area contributed by atoms with Gasteiger partial charge in [-0.15, -0.1) is 0 Å². The molecule has 128 valence electrons. The summed E-state index contributed by atoms with van der Waals surface area (Å²) in [7, 11) is 0. The standard InChI is InChI=1S/C17H16N4O4/c1-11(12-5-7-13(22)8-6-12)19-16(23)9-20-10-18-14-3-2-4-15(17(14)20)21(24)25/h2-8,10-11,22H,9H2,1H3,(H,19,23)/t11-/m0/s1. The third-order valence-corrected chi connectivity index (χ3v) is 3.90. The number of nitro benzene ring substituents is 1. The lowest BCUT2D eigenvalue weighted by molar-refractivity contribution is -0.383. The van der Waals surface area contributed by atoms with Crippen LogP contribution >= 0.6 is 0 Å². The maximum atomic E-state index is 12.3. The molecule has 25 heavy (non-hydrogen) atoms. The molecule has 0 radical (unpaired) electrons. The number of imidazole rings is 1. The number of fused-ring (bicyclic) bond motifs is 1. The lowest BCUT2D eigenvalue weighted by Gasteiger charge is -2.15. The van der Waals surface area contributed by atoms with Gasteiger partial charge in [0.2, 0.25) is 5.91 Å². The van der Waals surface area contributed by atoms with E-state index in [-0.39, 0.29) is 29.9 Å². The van der Waals surface area contributed by atoms with Gasteiger partial charge >= 0.3 is 0 Å². The Morgan fingerprint density at radius 2 is 2.04 bits per heavy atom. The summed E-state index contributed by atoms with van der Waals surface area (Å²) in [5, 5.41) is 23.3. The van der Waals surface area contributed by atoms with Crippen molar-refractivity contribution >= 4 is 22.6 Å². The van der Waals surface area contributed by atoms with E-state index in [4.69, 9.17) is 0 Å². The van der Waals surface area contributed by atoms with Gasteiger partial charge in [-0.1, -0.05) is 18.2 Å². The first-order valence-electron chi connectivity index (χ1n) is 7.62. The zero-order valence-corrected chi connectivity index (χ0v) is 13.4. The monoisotopic (exact) mass is 340 g/mol. The Labute approximate surface area is 142 Å². The van der Waals surface area contributed by atoms with Gasteiger partial charge < -0.3 is 15.0 Å². The van der Waals surface area contributed by atoms with Crippen molar-refractivity contribution in [3.8, 4) is 5.75 Å². The Hall–Kier alpha value is -3.42. The largest absolute Gasteiger partial charge is 0.508 e. The summed E-state index contributed by atoms with van der Waals surface area (Å²) in [5.41, 5.74) is 1.54. The molecular weight excluding hydrogens is 324 g/mol. The van der Waals surface area contributed by atoms with Crippen molar-refractivity contribution < 1.29 is 14.8 Å². The van der Waals surface area contributed by atoms with E-state index in [0.29, 0.717) is 11.0 Å². The fourth-order valence-electron chi connectivity index (χ4n) is 2.66. The second kappa shape index (κ2) is 6.60. The van der Waals surface area contributed by atoms with Crippen molar-refractivity contribution in [3.63, 3.8) is 0 Å². The molecule has 0 bridgehead atoms. The highest BCUT2D eigenvalue weighted by Crippen LogP contribution is 2.24. The Balaban J connectivity index is 1.78. The molecular formula is C17H16N4O4. The van der Waals surface area contributed by atoms with Crippen molar-refractivity contribution in [2.24, 2.45) is 0 Å². The SMILES string of the molecule is C[C@H](NC(=O)Cn1cnc2cccc([N+](=O)[O-])c21)c1ccc(O)cc1. The molecule has 0 aliphatic rings. The number of para-hydroxylation sites is 1. The van der Waals surface area contributed by atoms with Crippen LogP contribution in [0.1, 0.15) is 18.5 Å². The van der Waals surface area contributed by atoms with Crippen molar-refractivity contribution in [1.82, 2.24) is 14.9 Å². The maximum absolute atomic E-state index is 12.3. The quantitative estimate of drug-likeness (QED) is 0.548. The number of non-ortho nitro benzene ring substituents is 1. The molecule has 1 heterocycles. The lowest BCUT2D eigenvalue weighted by Crippen LogP contribution is -2.29. The number of nitrogens with zero attached hydrogens (tertiary/aromatic N) is 3. The summed E-state index contributed by atoms with van der Waals surface area (Å²) in [4.78, 5) is 27.1. The molecule has 1 aromatic heterocycles. The molecule has 8 heteroatoms. The summed E-state index contributed by atoms with van der Waals surface area (Å²) < 4.78 is 1.46. The second-order valence-electron chi connectivity index (χ2n) is 5.66. The molecule has 0 spiro atoms. The van der Waals surface area contributed by atoms with Gasteiger partial charge in [0.05, 0.1) is 22.8 Å². The first kappa shape index (κ1) is 16.4. The van der Waals surface area contributed by atoms with Crippen molar-refractivity contribution in [3.05, 3.63) is 64.5 Å². The highest BCUT2D eigenvalue weighted by Gasteiger charge is 2.18. The molecule has 2 aromatic carbocycles. The Morgan fingerprint density at radius 1 is 1.32 bits per heavy atom. The molecule has 0 saturated carbocycles. The molecule has 0 unspecified atom stereocenters. The van der Waals surface area contributed by atoms with E-state index in [0.717, 1.165) is 5.56 Å². The van der Waals surface area contributed by atoms with Crippen LogP contribution in [0, 0.1) is 10.1 Å².